The minimum absolute atomic E-state index is 0.00391. The maximum absolute atomic E-state index is 12.2. The number of nitrogens with zero attached hydrogens (tertiary/aromatic N) is 3. The molecule has 0 saturated heterocycles. The lowest BCUT2D eigenvalue weighted by Crippen LogP contribution is -2.12. The number of benzene rings is 1. The fourth-order valence-electron chi connectivity index (χ4n) is 1.62. The minimum atomic E-state index is -3.36. The summed E-state index contributed by atoms with van der Waals surface area (Å²) >= 11 is 1.34. The van der Waals surface area contributed by atoms with Crippen LogP contribution in [0.4, 0.5) is 0 Å². The van der Waals surface area contributed by atoms with Crippen molar-refractivity contribution in [2.24, 2.45) is 12.8 Å². The number of nitrogens with one attached hydrogen (secondary N) is 1. The number of hydrogen-bond acceptors (Lipinski definition) is 6. The maximum atomic E-state index is 12.2. The normalized spacial score (nSPS) is 11.5. The van der Waals surface area contributed by atoms with Gasteiger partial charge in [-0.1, -0.05) is 23.9 Å². The highest BCUT2D eigenvalue weighted by atomic mass is 32.2. The second kappa shape index (κ2) is 6.27. The van der Waals surface area contributed by atoms with E-state index >= 15 is 0 Å². The zero-order chi connectivity index (χ0) is 15.5. The molecule has 0 aliphatic heterocycles. The number of aryl methyl sites for hydroxylation is 1. The van der Waals surface area contributed by atoms with Gasteiger partial charge in [-0.15, -0.1) is 0 Å². The first kappa shape index (κ1) is 15.5. The van der Waals surface area contributed by atoms with Gasteiger partial charge in [0, 0.05) is 18.4 Å². The fourth-order valence-corrected chi connectivity index (χ4v) is 4.15. The van der Waals surface area contributed by atoms with E-state index in [0.29, 0.717) is 16.5 Å². The molecule has 0 aliphatic rings. The van der Waals surface area contributed by atoms with Gasteiger partial charge in [0.25, 0.3) is 0 Å². The Balaban J connectivity index is 2.01. The Labute approximate surface area is 127 Å². The second-order valence-corrected chi connectivity index (χ2v) is 7.44. The van der Waals surface area contributed by atoms with E-state index in [1.165, 1.54) is 42.4 Å². The Morgan fingerprint density at radius 2 is 2.05 bits per heavy atom. The van der Waals surface area contributed by atoms with Gasteiger partial charge in [-0.05, 0) is 12.1 Å². The topological polar surface area (TPSA) is 115 Å². The standard InChI is InChI=1S/C12H15N5O2S2/c1-17-12(15-8-16-17)20-6-7-21(18,19)10-4-2-9(3-5-10)11(13)14/h2-5,8H,6-7H2,1H3,(H3,13,14). The van der Waals surface area contributed by atoms with Crippen LogP contribution in [0.25, 0.3) is 0 Å². The molecule has 0 saturated carbocycles. The van der Waals surface area contributed by atoms with Gasteiger partial charge in [0.1, 0.15) is 12.2 Å². The quantitative estimate of drug-likeness (QED) is 0.458. The van der Waals surface area contributed by atoms with Crippen LogP contribution in [-0.4, -0.2) is 40.5 Å². The summed E-state index contributed by atoms with van der Waals surface area (Å²) in [5.41, 5.74) is 5.84. The Bertz CT molecular complexity index is 737. The van der Waals surface area contributed by atoms with E-state index in [2.05, 4.69) is 10.1 Å². The van der Waals surface area contributed by atoms with Crippen molar-refractivity contribution in [3.05, 3.63) is 36.2 Å². The summed E-state index contributed by atoms with van der Waals surface area (Å²) in [6, 6.07) is 6.01. The molecule has 0 amide bonds. The van der Waals surface area contributed by atoms with E-state index in [1.54, 1.807) is 11.7 Å². The molecule has 7 nitrogen and oxygen atoms in total. The SMILES string of the molecule is Cn1ncnc1SCCS(=O)(=O)c1ccc(C(=N)N)cc1. The monoisotopic (exact) mass is 325 g/mol. The zero-order valence-corrected chi connectivity index (χ0v) is 13.0. The molecule has 112 valence electrons. The lowest BCUT2D eigenvalue weighted by Gasteiger charge is -2.05. The van der Waals surface area contributed by atoms with E-state index in [9.17, 15) is 8.42 Å². The van der Waals surface area contributed by atoms with E-state index in [0.717, 1.165) is 0 Å². The van der Waals surface area contributed by atoms with Crippen molar-refractivity contribution in [1.29, 1.82) is 5.41 Å². The summed E-state index contributed by atoms with van der Waals surface area (Å²) in [7, 11) is -1.60. The van der Waals surface area contributed by atoms with Crippen LogP contribution in [0.15, 0.2) is 40.6 Å². The van der Waals surface area contributed by atoms with Crippen LogP contribution >= 0.6 is 11.8 Å². The van der Waals surface area contributed by atoms with Gasteiger partial charge in [0.2, 0.25) is 0 Å². The summed E-state index contributed by atoms with van der Waals surface area (Å²) in [6.45, 7) is 0. The van der Waals surface area contributed by atoms with Gasteiger partial charge < -0.3 is 5.73 Å². The first-order valence-corrected chi connectivity index (χ1v) is 8.68. The fraction of sp³-hybridized carbons (Fsp3) is 0.250. The highest BCUT2D eigenvalue weighted by molar-refractivity contribution is 8.00. The first-order valence-electron chi connectivity index (χ1n) is 6.04. The van der Waals surface area contributed by atoms with Gasteiger partial charge in [-0.3, -0.25) is 5.41 Å². The molecule has 1 aromatic carbocycles. The van der Waals surface area contributed by atoms with Crippen molar-refractivity contribution < 1.29 is 8.42 Å². The Kier molecular flexibility index (Phi) is 4.63. The summed E-state index contributed by atoms with van der Waals surface area (Å²) in [6.07, 6.45) is 1.43. The largest absolute Gasteiger partial charge is 0.384 e. The van der Waals surface area contributed by atoms with E-state index in [4.69, 9.17) is 11.1 Å². The van der Waals surface area contributed by atoms with Crippen LogP contribution in [0.2, 0.25) is 0 Å². The molecule has 9 heteroatoms. The average Bonchev–Trinajstić information content (AvgIpc) is 2.84. The van der Waals surface area contributed by atoms with E-state index in [1.807, 2.05) is 0 Å². The molecule has 0 fully saturated rings. The van der Waals surface area contributed by atoms with Crippen molar-refractivity contribution in [3.63, 3.8) is 0 Å². The van der Waals surface area contributed by atoms with Crippen molar-refractivity contribution in [2.45, 2.75) is 10.1 Å². The molecule has 0 aliphatic carbocycles. The third-order valence-corrected chi connectivity index (χ3v) is 5.80. The van der Waals surface area contributed by atoms with Crippen LogP contribution in [0.3, 0.4) is 0 Å². The number of nitrogen functional groups attached to an aromatic ring is 1. The van der Waals surface area contributed by atoms with Gasteiger partial charge in [-0.25, -0.2) is 18.1 Å². The highest BCUT2D eigenvalue weighted by Gasteiger charge is 2.15. The Hall–Kier alpha value is -1.87. The van der Waals surface area contributed by atoms with Crippen molar-refractivity contribution in [2.75, 3.05) is 11.5 Å². The molecular formula is C12H15N5O2S2. The predicted molar refractivity (Wildman–Crippen MR) is 81.2 cm³/mol. The van der Waals surface area contributed by atoms with Gasteiger partial charge in [-0.2, -0.15) is 5.10 Å². The van der Waals surface area contributed by atoms with E-state index in [-0.39, 0.29) is 16.5 Å². The molecule has 21 heavy (non-hydrogen) atoms. The molecule has 3 N–H and O–H groups in total. The summed E-state index contributed by atoms with van der Waals surface area (Å²) in [4.78, 5) is 4.25. The molecular weight excluding hydrogens is 310 g/mol. The summed E-state index contributed by atoms with van der Waals surface area (Å²) < 4.78 is 26.0. The molecule has 1 aromatic heterocycles. The number of amidine groups is 1. The van der Waals surface area contributed by atoms with Crippen LogP contribution < -0.4 is 5.73 Å². The highest BCUT2D eigenvalue weighted by Crippen LogP contribution is 2.17. The molecule has 2 aromatic rings. The first-order chi connectivity index (χ1) is 9.90. The smallest absolute Gasteiger partial charge is 0.185 e. The summed E-state index contributed by atoms with van der Waals surface area (Å²) in [5.74, 6) is 0.310. The molecule has 1 heterocycles. The molecule has 0 radical (unpaired) electrons. The van der Waals surface area contributed by atoms with Crippen LogP contribution in [0.1, 0.15) is 5.56 Å². The zero-order valence-electron chi connectivity index (χ0n) is 11.4. The van der Waals surface area contributed by atoms with Crippen LogP contribution in [0, 0.1) is 5.41 Å². The molecule has 2 rings (SSSR count). The number of rotatable bonds is 6. The van der Waals surface area contributed by atoms with Gasteiger partial charge in [0.15, 0.2) is 15.0 Å². The number of hydrogen-bond donors (Lipinski definition) is 2. The van der Waals surface area contributed by atoms with Gasteiger partial charge >= 0.3 is 0 Å². The molecule has 0 bridgehead atoms. The number of sulfone groups is 1. The number of aromatic nitrogens is 3. The third-order valence-electron chi connectivity index (χ3n) is 2.78. The lowest BCUT2D eigenvalue weighted by molar-refractivity contribution is 0.597. The third kappa shape index (κ3) is 3.82. The average molecular weight is 325 g/mol. The minimum Gasteiger partial charge on any atom is -0.384 e. The Morgan fingerprint density at radius 1 is 1.38 bits per heavy atom. The van der Waals surface area contributed by atoms with Gasteiger partial charge in [0.05, 0.1) is 10.6 Å². The van der Waals surface area contributed by atoms with Crippen molar-refractivity contribution in [3.8, 4) is 0 Å². The lowest BCUT2D eigenvalue weighted by atomic mass is 10.2. The predicted octanol–water partition coefficient (Wildman–Crippen LogP) is 0.665. The summed E-state index contributed by atoms with van der Waals surface area (Å²) in [5, 5.41) is 11.9. The van der Waals surface area contributed by atoms with Crippen molar-refractivity contribution in [1.82, 2.24) is 14.8 Å². The van der Waals surface area contributed by atoms with Crippen molar-refractivity contribution >= 4 is 27.4 Å². The second-order valence-electron chi connectivity index (χ2n) is 4.27. The number of thioether (sulfide) groups is 1. The molecule has 0 unspecified atom stereocenters. The maximum Gasteiger partial charge on any atom is 0.185 e. The Morgan fingerprint density at radius 3 is 2.57 bits per heavy atom. The van der Waals surface area contributed by atoms with Crippen LogP contribution in [0.5, 0.6) is 0 Å². The van der Waals surface area contributed by atoms with Crippen LogP contribution in [-0.2, 0) is 16.9 Å². The van der Waals surface area contributed by atoms with E-state index < -0.39 is 9.84 Å². The molecule has 0 spiro atoms. The number of nitrogens with two attached hydrogens (primary N) is 1. The molecule has 0 atom stereocenters.